The van der Waals surface area contributed by atoms with Crippen molar-refractivity contribution in [3.05, 3.63) is 34.9 Å². The normalized spacial score (nSPS) is 21.4. The molecule has 15 heavy (non-hydrogen) atoms. The SMILES string of the molecule is OCC1(Cc2ccc3c(c2)CCC3)CC1. The van der Waals surface area contributed by atoms with Crippen LogP contribution in [0.25, 0.3) is 0 Å². The smallest absolute Gasteiger partial charge is 0.0490 e. The van der Waals surface area contributed by atoms with Crippen LogP contribution in [0, 0.1) is 5.41 Å². The Labute approximate surface area is 91.1 Å². The minimum atomic E-state index is 0.257. The number of rotatable bonds is 3. The Hall–Kier alpha value is -0.820. The van der Waals surface area contributed by atoms with Crippen LogP contribution < -0.4 is 0 Å². The minimum Gasteiger partial charge on any atom is -0.396 e. The van der Waals surface area contributed by atoms with Gasteiger partial charge in [0.1, 0.15) is 0 Å². The number of hydrogen-bond acceptors (Lipinski definition) is 1. The van der Waals surface area contributed by atoms with Gasteiger partial charge in [-0.25, -0.2) is 0 Å². The van der Waals surface area contributed by atoms with Gasteiger partial charge in [0.2, 0.25) is 0 Å². The minimum absolute atomic E-state index is 0.257. The third-order valence-corrected chi connectivity index (χ3v) is 4.03. The average molecular weight is 202 g/mol. The van der Waals surface area contributed by atoms with Crippen LogP contribution in [0.15, 0.2) is 18.2 Å². The molecule has 3 rings (SSSR count). The van der Waals surface area contributed by atoms with Crippen LogP contribution in [-0.2, 0) is 19.3 Å². The fourth-order valence-corrected chi connectivity index (χ4v) is 2.74. The molecule has 1 saturated carbocycles. The summed E-state index contributed by atoms with van der Waals surface area (Å²) in [4.78, 5) is 0. The van der Waals surface area contributed by atoms with E-state index in [1.54, 1.807) is 11.1 Å². The Morgan fingerprint density at radius 3 is 2.67 bits per heavy atom. The number of aryl methyl sites for hydroxylation is 2. The van der Waals surface area contributed by atoms with Gasteiger partial charge >= 0.3 is 0 Å². The predicted octanol–water partition coefficient (Wildman–Crippen LogP) is 2.49. The summed E-state index contributed by atoms with van der Waals surface area (Å²) in [5.74, 6) is 0. The lowest BCUT2D eigenvalue weighted by atomic mass is 9.95. The van der Waals surface area contributed by atoms with E-state index in [4.69, 9.17) is 0 Å². The summed E-state index contributed by atoms with van der Waals surface area (Å²) in [6.45, 7) is 0.365. The van der Waals surface area contributed by atoms with E-state index in [9.17, 15) is 5.11 Å². The first-order valence-electron chi connectivity index (χ1n) is 6.03. The second-order valence-corrected chi connectivity index (χ2v) is 5.29. The Kier molecular flexibility index (Phi) is 2.10. The van der Waals surface area contributed by atoms with Crippen molar-refractivity contribution in [3.8, 4) is 0 Å². The van der Waals surface area contributed by atoms with Crippen LogP contribution in [0.3, 0.4) is 0 Å². The van der Waals surface area contributed by atoms with Crippen molar-refractivity contribution in [1.29, 1.82) is 0 Å². The van der Waals surface area contributed by atoms with Gasteiger partial charge in [0.15, 0.2) is 0 Å². The molecule has 0 aromatic heterocycles. The molecule has 0 aliphatic heterocycles. The third kappa shape index (κ3) is 1.69. The molecule has 2 aliphatic rings. The van der Waals surface area contributed by atoms with Crippen LogP contribution in [-0.4, -0.2) is 11.7 Å². The molecule has 1 N–H and O–H groups in total. The van der Waals surface area contributed by atoms with Gasteiger partial charge in [0.05, 0.1) is 0 Å². The summed E-state index contributed by atoms with van der Waals surface area (Å²) in [6.07, 6.45) is 7.35. The highest BCUT2D eigenvalue weighted by molar-refractivity contribution is 5.36. The van der Waals surface area contributed by atoms with Gasteiger partial charge in [-0.15, -0.1) is 0 Å². The second kappa shape index (κ2) is 3.34. The molecule has 0 atom stereocenters. The van der Waals surface area contributed by atoms with E-state index >= 15 is 0 Å². The summed E-state index contributed by atoms with van der Waals surface area (Å²) in [7, 11) is 0. The highest BCUT2D eigenvalue weighted by Gasteiger charge is 2.41. The average Bonchev–Trinajstić information content (AvgIpc) is 2.88. The van der Waals surface area contributed by atoms with E-state index < -0.39 is 0 Å². The molecule has 80 valence electrons. The van der Waals surface area contributed by atoms with Gasteiger partial charge in [-0.2, -0.15) is 0 Å². The van der Waals surface area contributed by atoms with E-state index in [2.05, 4.69) is 18.2 Å². The highest BCUT2D eigenvalue weighted by Crippen LogP contribution is 2.48. The van der Waals surface area contributed by atoms with Gasteiger partial charge in [0.25, 0.3) is 0 Å². The number of benzene rings is 1. The molecule has 1 aromatic rings. The van der Waals surface area contributed by atoms with E-state index in [0.717, 1.165) is 6.42 Å². The lowest BCUT2D eigenvalue weighted by Gasteiger charge is -2.12. The van der Waals surface area contributed by atoms with E-state index in [-0.39, 0.29) is 5.41 Å². The Morgan fingerprint density at radius 2 is 1.93 bits per heavy atom. The topological polar surface area (TPSA) is 20.2 Å². The quantitative estimate of drug-likeness (QED) is 0.798. The van der Waals surface area contributed by atoms with Crippen LogP contribution in [0.5, 0.6) is 0 Å². The standard InChI is InChI=1S/C14H18O/c15-10-14(6-7-14)9-11-4-5-12-2-1-3-13(12)8-11/h4-5,8,15H,1-3,6-7,9-10H2. The number of fused-ring (bicyclic) bond motifs is 1. The highest BCUT2D eigenvalue weighted by atomic mass is 16.3. The molecule has 1 nitrogen and oxygen atoms in total. The molecule has 0 unspecified atom stereocenters. The summed E-state index contributed by atoms with van der Waals surface area (Å²) in [5.41, 5.74) is 4.79. The fraction of sp³-hybridized carbons (Fsp3) is 0.571. The first-order chi connectivity index (χ1) is 7.31. The van der Waals surface area contributed by atoms with Crippen molar-refractivity contribution in [2.75, 3.05) is 6.61 Å². The molecule has 1 fully saturated rings. The zero-order valence-electron chi connectivity index (χ0n) is 9.13. The Morgan fingerprint density at radius 1 is 1.13 bits per heavy atom. The van der Waals surface area contributed by atoms with Gasteiger partial charge in [-0.1, -0.05) is 18.2 Å². The molecule has 0 amide bonds. The number of hydrogen-bond donors (Lipinski definition) is 1. The zero-order valence-corrected chi connectivity index (χ0v) is 9.13. The Bertz CT molecular complexity index is 377. The van der Waals surface area contributed by atoms with Crippen molar-refractivity contribution in [2.45, 2.75) is 38.5 Å². The molecule has 0 saturated heterocycles. The summed E-state index contributed by atoms with van der Waals surface area (Å²) in [5, 5.41) is 9.31. The zero-order chi connectivity index (χ0) is 10.3. The maximum atomic E-state index is 9.31. The van der Waals surface area contributed by atoms with Crippen molar-refractivity contribution in [1.82, 2.24) is 0 Å². The van der Waals surface area contributed by atoms with Crippen LogP contribution in [0.1, 0.15) is 36.0 Å². The van der Waals surface area contributed by atoms with Crippen LogP contribution in [0.2, 0.25) is 0 Å². The maximum Gasteiger partial charge on any atom is 0.0490 e. The second-order valence-electron chi connectivity index (χ2n) is 5.29. The monoisotopic (exact) mass is 202 g/mol. The molecular formula is C14H18O. The van der Waals surface area contributed by atoms with E-state index in [0.29, 0.717) is 6.61 Å². The molecule has 0 spiro atoms. The van der Waals surface area contributed by atoms with Crippen molar-refractivity contribution in [3.63, 3.8) is 0 Å². The first-order valence-corrected chi connectivity index (χ1v) is 6.03. The molecule has 0 heterocycles. The summed E-state index contributed by atoms with van der Waals surface area (Å²) < 4.78 is 0. The van der Waals surface area contributed by atoms with Crippen molar-refractivity contribution < 1.29 is 5.11 Å². The van der Waals surface area contributed by atoms with Crippen LogP contribution in [0.4, 0.5) is 0 Å². The molecule has 0 radical (unpaired) electrons. The summed E-state index contributed by atoms with van der Waals surface area (Å²) in [6, 6.07) is 6.93. The van der Waals surface area contributed by atoms with Gasteiger partial charge in [-0.3, -0.25) is 0 Å². The summed E-state index contributed by atoms with van der Waals surface area (Å²) >= 11 is 0. The predicted molar refractivity (Wildman–Crippen MR) is 60.9 cm³/mol. The maximum absolute atomic E-state index is 9.31. The lowest BCUT2D eigenvalue weighted by molar-refractivity contribution is 0.211. The Balaban J connectivity index is 1.81. The van der Waals surface area contributed by atoms with Gasteiger partial charge < -0.3 is 5.11 Å². The lowest BCUT2D eigenvalue weighted by Crippen LogP contribution is -2.10. The van der Waals surface area contributed by atoms with E-state index in [1.165, 1.54) is 37.7 Å². The molecule has 1 heteroatoms. The number of aliphatic hydroxyl groups excluding tert-OH is 1. The molecule has 1 aromatic carbocycles. The third-order valence-electron chi connectivity index (χ3n) is 4.03. The number of aliphatic hydroxyl groups is 1. The van der Waals surface area contributed by atoms with Crippen LogP contribution >= 0.6 is 0 Å². The van der Waals surface area contributed by atoms with Gasteiger partial charge in [0, 0.05) is 6.61 Å². The molecular weight excluding hydrogens is 184 g/mol. The van der Waals surface area contributed by atoms with Crippen molar-refractivity contribution >= 4 is 0 Å². The van der Waals surface area contributed by atoms with Crippen molar-refractivity contribution in [2.24, 2.45) is 5.41 Å². The van der Waals surface area contributed by atoms with Gasteiger partial charge in [-0.05, 0) is 60.6 Å². The molecule has 0 bridgehead atoms. The first kappa shape index (κ1) is 9.41. The largest absolute Gasteiger partial charge is 0.396 e. The fourth-order valence-electron chi connectivity index (χ4n) is 2.74. The molecule has 2 aliphatic carbocycles. The van der Waals surface area contributed by atoms with E-state index in [1.807, 2.05) is 0 Å².